The van der Waals surface area contributed by atoms with E-state index in [-0.39, 0.29) is 5.97 Å². The molecule has 4 heteroatoms. The van der Waals surface area contributed by atoms with E-state index in [1.807, 2.05) is 6.92 Å². The Hall–Kier alpha value is -1.81. The first-order valence-corrected chi connectivity index (χ1v) is 8.61. The Morgan fingerprint density at radius 3 is 3.00 bits per heavy atom. The predicted octanol–water partition coefficient (Wildman–Crippen LogP) is 4.33. The van der Waals surface area contributed by atoms with Crippen LogP contribution in [0.4, 0.5) is 5.00 Å². The summed E-state index contributed by atoms with van der Waals surface area (Å²) in [5, 5.41) is 4.41. The van der Waals surface area contributed by atoms with Gasteiger partial charge in [-0.05, 0) is 44.2 Å². The molecule has 0 saturated carbocycles. The average molecular weight is 315 g/mol. The van der Waals surface area contributed by atoms with Crippen LogP contribution in [0.1, 0.15) is 45.3 Å². The number of carbonyl (C=O) groups excluding carboxylic acids is 1. The minimum Gasteiger partial charge on any atom is -0.462 e. The molecule has 0 radical (unpaired) electrons. The number of esters is 1. The van der Waals surface area contributed by atoms with E-state index in [2.05, 4.69) is 36.5 Å². The molecule has 1 heterocycles. The van der Waals surface area contributed by atoms with Gasteiger partial charge in [-0.15, -0.1) is 11.3 Å². The number of anilines is 1. The lowest BCUT2D eigenvalue weighted by molar-refractivity contribution is 0.0527. The molecule has 0 unspecified atom stereocenters. The highest BCUT2D eigenvalue weighted by Crippen LogP contribution is 2.39. The van der Waals surface area contributed by atoms with Crippen LogP contribution in [0, 0.1) is 6.92 Å². The standard InChI is InChI=1S/C18H21NO2S/c1-3-21-18(20)16-14-8-5-9-15(14)22-17(16)19-11-13-7-4-6-12(2)10-13/h4,6-7,10,19H,3,5,8-9,11H2,1-2H3. The molecule has 1 aromatic heterocycles. The molecule has 1 aliphatic carbocycles. The second-order valence-corrected chi connectivity index (χ2v) is 6.73. The van der Waals surface area contributed by atoms with Crippen molar-refractivity contribution < 1.29 is 9.53 Å². The molecule has 22 heavy (non-hydrogen) atoms. The van der Waals surface area contributed by atoms with E-state index in [4.69, 9.17) is 4.74 Å². The van der Waals surface area contributed by atoms with E-state index in [1.54, 1.807) is 11.3 Å². The van der Waals surface area contributed by atoms with Gasteiger partial charge in [-0.1, -0.05) is 29.8 Å². The third-order valence-corrected chi connectivity index (χ3v) is 5.19. The van der Waals surface area contributed by atoms with Crippen LogP contribution in [-0.4, -0.2) is 12.6 Å². The molecule has 1 N–H and O–H groups in total. The van der Waals surface area contributed by atoms with E-state index in [0.717, 1.165) is 36.4 Å². The maximum atomic E-state index is 12.3. The summed E-state index contributed by atoms with van der Waals surface area (Å²) in [6.45, 7) is 5.09. The summed E-state index contributed by atoms with van der Waals surface area (Å²) in [5.74, 6) is -0.186. The molecule has 2 aromatic rings. The van der Waals surface area contributed by atoms with Crippen molar-refractivity contribution in [3.8, 4) is 0 Å². The van der Waals surface area contributed by atoms with Crippen LogP contribution in [-0.2, 0) is 24.1 Å². The second-order valence-electron chi connectivity index (χ2n) is 5.62. The molecule has 0 saturated heterocycles. The van der Waals surface area contributed by atoms with Crippen LogP contribution in [0.3, 0.4) is 0 Å². The molecular formula is C18H21NO2S. The Kier molecular flexibility index (Phi) is 4.48. The van der Waals surface area contributed by atoms with Gasteiger partial charge >= 0.3 is 5.97 Å². The van der Waals surface area contributed by atoms with Crippen LogP contribution in [0.25, 0.3) is 0 Å². The van der Waals surface area contributed by atoms with Gasteiger partial charge in [-0.2, -0.15) is 0 Å². The van der Waals surface area contributed by atoms with Crippen LogP contribution in [0.2, 0.25) is 0 Å². The van der Waals surface area contributed by atoms with E-state index < -0.39 is 0 Å². The molecule has 0 atom stereocenters. The van der Waals surface area contributed by atoms with Crippen molar-refractivity contribution >= 4 is 22.3 Å². The average Bonchev–Trinajstić information content (AvgIpc) is 3.05. The Balaban J connectivity index is 1.82. The molecule has 0 aliphatic heterocycles. The zero-order valence-corrected chi connectivity index (χ0v) is 13.9. The molecule has 0 amide bonds. The van der Waals surface area contributed by atoms with Gasteiger partial charge in [0, 0.05) is 11.4 Å². The summed E-state index contributed by atoms with van der Waals surface area (Å²) in [4.78, 5) is 13.6. The quantitative estimate of drug-likeness (QED) is 0.834. The third kappa shape index (κ3) is 3.02. The lowest BCUT2D eigenvalue weighted by atomic mass is 10.1. The number of fused-ring (bicyclic) bond motifs is 1. The number of rotatable bonds is 5. The van der Waals surface area contributed by atoms with Gasteiger partial charge in [0.15, 0.2) is 0 Å². The van der Waals surface area contributed by atoms with Gasteiger partial charge in [0.2, 0.25) is 0 Å². The van der Waals surface area contributed by atoms with Gasteiger partial charge in [0.1, 0.15) is 5.00 Å². The zero-order chi connectivity index (χ0) is 15.5. The lowest BCUT2D eigenvalue weighted by Crippen LogP contribution is -2.09. The third-order valence-electron chi connectivity index (χ3n) is 3.94. The van der Waals surface area contributed by atoms with Crippen molar-refractivity contribution in [2.75, 3.05) is 11.9 Å². The van der Waals surface area contributed by atoms with Crippen molar-refractivity contribution in [3.63, 3.8) is 0 Å². The normalized spacial score (nSPS) is 13.0. The number of thiophene rings is 1. The summed E-state index contributed by atoms with van der Waals surface area (Å²) in [5.41, 5.74) is 4.45. The first kappa shape index (κ1) is 15.1. The molecule has 116 valence electrons. The summed E-state index contributed by atoms with van der Waals surface area (Å²) in [6.07, 6.45) is 3.22. The van der Waals surface area contributed by atoms with E-state index >= 15 is 0 Å². The number of aryl methyl sites for hydroxylation is 2. The van der Waals surface area contributed by atoms with Crippen molar-refractivity contribution in [1.82, 2.24) is 0 Å². The molecule has 0 fully saturated rings. The lowest BCUT2D eigenvalue weighted by Gasteiger charge is -2.09. The van der Waals surface area contributed by atoms with Gasteiger partial charge in [0.25, 0.3) is 0 Å². The van der Waals surface area contributed by atoms with Crippen LogP contribution in [0.5, 0.6) is 0 Å². The second kappa shape index (κ2) is 6.53. The number of nitrogens with one attached hydrogen (secondary N) is 1. The monoisotopic (exact) mass is 315 g/mol. The summed E-state index contributed by atoms with van der Waals surface area (Å²) in [7, 11) is 0. The van der Waals surface area contributed by atoms with Crippen molar-refractivity contribution in [2.24, 2.45) is 0 Å². The van der Waals surface area contributed by atoms with Crippen LogP contribution >= 0.6 is 11.3 Å². The molecule has 3 nitrogen and oxygen atoms in total. The summed E-state index contributed by atoms with van der Waals surface area (Å²) in [6, 6.07) is 8.42. The Morgan fingerprint density at radius 2 is 2.23 bits per heavy atom. The maximum Gasteiger partial charge on any atom is 0.341 e. The van der Waals surface area contributed by atoms with Gasteiger partial charge in [-0.3, -0.25) is 0 Å². The molecule has 3 rings (SSSR count). The highest BCUT2D eigenvalue weighted by atomic mass is 32.1. The topological polar surface area (TPSA) is 38.3 Å². The SMILES string of the molecule is CCOC(=O)c1c(NCc2cccc(C)c2)sc2c1CCC2. The fourth-order valence-corrected chi connectivity index (χ4v) is 4.23. The van der Waals surface area contributed by atoms with Gasteiger partial charge in [0.05, 0.1) is 12.2 Å². The molecular weight excluding hydrogens is 294 g/mol. The minimum absolute atomic E-state index is 0.186. The fourth-order valence-electron chi connectivity index (χ4n) is 2.95. The maximum absolute atomic E-state index is 12.3. The van der Waals surface area contributed by atoms with Crippen molar-refractivity contribution in [2.45, 2.75) is 39.7 Å². The van der Waals surface area contributed by atoms with Gasteiger partial charge in [-0.25, -0.2) is 4.79 Å². The van der Waals surface area contributed by atoms with Crippen molar-refractivity contribution in [3.05, 3.63) is 51.4 Å². The smallest absolute Gasteiger partial charge is 0.341 e. The van der Waals surface area contributed by atoms with Crippen molar-refractivity contribution in [1.29, 1.82) is 0 Å². The highest BCUT2D eigenvalue weighted by molar-refractivity contribution is 7.16. The number of benzene rings is 1. The summed E-state index contributed by atoms with van der Waals surface area (Å²) >= 11 is 1.71. The molecule has 1 aliphatic rings. The fraction of sp³-hybridized carbons (Fsp3) is 0.389. The summed E-state index contributed by atoms with van der Waals surface area (Å²) < 4.78 is 5.25. The Labute approximate surface area is 135 Å². The van der Waals surface area contributed by atoms with Crippen LogP contribution in [0.15, 0.2) is 24.3 Å². The van der Waals surface area contributed by atoms with Crippen LogP contribution < -0.4 is 5.32 Å². The zero-order valence-electron chi connectivity index (χ0n) is 13.1. The molecule has 0 spiro atoms. The molecule has 1 aromatic carbocycles. The Morgan fingerprint density at radius 1 is 1.36 bits per heavy atom. The molecule has 0 bridgehead atoms. The van der Waals surface area contributed by atoms with Gasteiger partial charge < -0.3 is 10.1 Å². The van der Waals surface area contributed by atoms with E-state index in [1.165, 1.54) is 21.6 Å². The number of hydrogen-bond donors (Lipinski definition) is 1. The van der Waals surface area contributed by atoms with E-state index in [9.17, 15) is 4.79 Å². The highest BCUT2D eigenvalue weighted by Gasteiger charge is 2.27. The predicted molar refractivity (Wildman–Crippen MR) is 90.8 cm³/mol. The first-order chi connectivity index (χ1) is 10.7. The number of hydrogen-bond acceptors (Lipinski definition) is 4. The minimum atomic E-state index is -0.186. The number of carbonyl (C=O) groups is 1. The van der Waals surface area contributed by atoms with E-state index in [0.29, 0.717) is 6.61 Å². The Bertz CT molecular complexity index is 690. The number of ether oxygens (including phenoxy) is 1. The largest absolute Gasteiger partial charge is 0.462 e. The first-order valence-electron chi connectivity index (χ1n) is 7.80.